The first kappa shape index (κ1) is 18.9. The average molecular weight is 377 g/mol. The maximum absolute atomic E-state index is 10.2. The highest BCUT2D eigenvalue weighted by molar-refractivity contribution is 5.17. The van der Waals surface area contributed by atoms with Crippen LogP contribution in [-0.4, -0.2) is 25.2 Å². The molecule has 1 aromatic rings. The molecule has 1 aromatic carbocycles. The molecule has 0 heterocycles. The number of halogens is 1. The van der Waals surface area contributed by atoms with Crippen molar-refractivity contribution < 1.29 is 34.0 Å². The van der Waals surface area contributed by atoms with Crippen molar-refractivity contribution in [1.82, 2.24) is 0 Å². The summed E-state index contributed by atoms with van der Waals surface area (Å²) in [7, 11) is 4.43. The molecule has 2 nitrogen and oxygen atoms in total. The van der Waals surface area contributed by atoms with Crippen LogP contribution in [0, 0.1) is 0 Å². The summed E-state index contributed by atoms with van der Waals surface area (Å²) in [5, 5.41) is 10.2. The van der Waals surface area contributed by atoms with Crippen molar-refractivity contribution in [3.63, 3.8) is 0 Å². The minimum absolute atomic E-state index is 0. The van der Waals surface area contributed by atoms with E-state index < -0.39 is 0 Å². The van der Waals surface area contributed by atoms with Crippen LogP contribution in [0.1, 0.15) is 50.7 Å². The van der Waals surface area contributed by atoms with Crippen LogP contribution in [0.15, 0.2) is 30.3 Å². The number of hydrogen-bond acceptors (Lipinski definition) is 1. The molecule has 19 heavy (non-hydrogen) atoms. The molecule has 0 aliphatic rings. The van der Waals surface area contributed by atoms with Gasteiger partial charge in [0.15, 0.2) is 0 Å². The second-order valence-corrected chi connectivity index (χ2v) is 5.42. The van der Waals surface area contributed by atoms with Gasteiger partial charge in [-0.05, 0) is 24.8 Å². The van der Waals surface area contributed by atoms with Gasteiger partial charge in [0.2, 0.25) is 0 Å². The Morgan fingerprint density at radius 3 is 2.21 bits per heavy atom. The van der Waals surface area contributed by atoms with Crippen molar-refractivity contribution in [1.29, 1.82) is 0 Å². The van der Waals surface area contributed by atoms with Crippen LogP contribution in [0.4, 0.5) is 0 Å². The van der Waals surface area contributed by atoms with Crippen molar-refractivity contribution in [2.24, 2.45) is 0 Å². The summed E-state index contributed by atoms with van der Waals surface area (Å²) < 4.78 is 0. The lowest BCUT2D eigenvalue weighted by molar-refractivity contribution is -0.886. The quantitative estimate of drug-likeness (QED) is 0.571. The van der Waals surface area contributed by atoms with E-state index in [0.717, 1.165) is 18.4 Å². The lowest BCUT2D eigenvalue weighted by Crippen LogP contribution is -3.10. The fraction of sp³-hybridized carbons (Fsp3) is 0.625. The Morgan fingerprint density at radius 2 is 1.68 bits per heavy atom. The van der Waals surface area contributed by atoms with Crippen LogP contribution in [0.25, 0.3) is 0 Å². The van der Waals surface area contributed by atoms with Crippen LogP contribution < -0.4 is 28.9 Å². The van der Waals surface area contributed by atoms with E-state index in [9.17, 15) is 5.11 Å². The van der Waals surface area contributed by atoms with E-state index in [4.69, 9.17) is 0 Å². The third-order valence-corrected chi connectivity index (χ3v) is 3.70. The minimum Gasteiger partial charge on any atom is -1.00 e. The Hall–Kier alpha value is -0.130. The smallest absolute Gasteiger partial charge is 0.0871 e. The summed E-state index contributed by atoms with van der Waals surface area (Å²) in [6.07, 6.45) is 5.46. The van der Waals surface area contributed by atoms with Gasteiger partial charge in [0, 0.05) is 6.42 Å². The molecule has 0 amide bonds. The number of benzene rings is 1. The SMILES string of the molecule is CCCCC(CCC(O)c1ccccc1)[NH+](C)C.[I-]. The number of aliphatic hydroxyl groups excluding tert-OH is 1. The molecule has 0 fully saturated rings. The first-order chi connectivity index (χ1) is 8.65. The van der Waals surface area contributed by atoms with Crippen LogP contribution >= 0.6 is 0 Å². The number of unbranched alkanes of at least 4 members (excludes halogenated alkanes) is 1. The molecule has 3 heteroatoms. The number of quaternary nitrogens is 1. The van der Waals surface area contributed by atoms with Crippen molar-refractivity contribution in [3.8, 4) is 0 Å². The lowest BCUT2D eigenvalue weighted by Gasteiger charge is -2.22. The van der Waals surface area contributed by atoms with Crippen molar-refractivity contribution in [2.75, 3.05) is 14.1 Å². The van der Waals surface area contributed by atoms with E-state index in [1.165, 1.54) is 24.2 Å². The maximum atomic E-state index is 10.2. The molecule has 0 aliphatic heterocycles. The van der Waals surface area contributed by atoms with Crippen molar-refractivity contribution >= 4 is 0 Å². The van der Waals surface area contributed by atoms with Crippen LogP contribution in [-0.2, 0) is 0 Å². The summed E-state index contributed by atoms with van der Waals surface area (Å²) in [6, 6.07) is 10.7. The normalized spacial score (nSPS) is 13.9. The van der Waals surface area contributed by atoms with Gasteiger partial charge in [-0.2, -0.15) is 0 Å². The third-order valence-electron chi connectivity index (χ3n) is 3.70. The number of rotatable bonds is 8. The van der Waals surface area contributed by atoms with E-state index >= 15 is 0 Å². The summed E-state index contributed by atoms with van der Waals surface area (Å²) in [5.74, 6) is 0. The maximum Gasteiger partial charge on any atom is 0.0871 e. The standard InChI is InChI=1S/C16H27NO.HI/c1-4-5-11-15(17(2)3)12-13-16(18)14-9-7-6-8-10-14;/h6-10,15-16,18H,4-5,11-13H2,1-3H3;1H. The molecular weight excluding hydrogens is 349 g/mol. The molecule has 0 saturated carbocycles. The zero-order valence-corrected chi connectivity index (χ0v) is 14.6. The molecule has 0 aliphatic carbocycles. The van der Waals surface area contributed by atoms with E-state index in [-0.39, 0.29) is 30.1 Å². The number of nitrogens with one attached hydrogen (secondary N) is 1. The average Bonchev–Trinajstić information content (AvgIpc) is 2.39. The van der Waals surface area contributed by atoms with E-state index in [0.29, 0.717) is 6.04 Å². The van der Waals surface area contributed by atoms with Gasteiger partial charge in [-0.3, -0.25) is 0 Å². The fourth-order valence-corrected chi connectivity index (χ4v) is 2.37. The Morgan fingerprint density at radius 1 is 1.05 bits per heavy atom. The first-order valence-corrected chi connectivity index (χ1v) is 7.18. The third kappa shape index (κ3) is 7.28. The molecule has 110 valence electrons. The Balaban J connectivity index is 0.00000324. The summed E-state index contributed by atoms with van der Waals surface area (Å²) in [4.78, 5) is 1.50. The zero-order chi connectivity index (χ0) is 13.4. The summed E-state index contributed by atoms with van der Waals surface area (Å²) >= 11 is 0. The molecule has 2 N–H and O–H groups in total. The zero-order valence-electron chi connectivity index (χ0n) is 12.4. The molecular formula is C16H28INO. The van der Waals surface area contributed by atoms with E-state index in [2.05, 4.69) is 21.0 Å². The molecule has 0 aromatic heterocycles. The van der Waals surface area contributed by atoms with E-state index in [1.807, 2.05) is 30.3 Å². The lowest BCUT2D eigenvalue weighted by atomic mass is 9.98. The number of hydrogen-bond donors (Lipinski definition) is 2. The second-order valence-electron chi connectivity index (χ2n) is 5.42. The van der Waals surface area contributed by atoms with Crippen LogP contribution in [0.3, 0.4) is 0 Å². The van der Waals surface area contributed by atoms with Gasteiger partial charge in [-0.15, -0.1) is 0 Å². The molecule has 2 unspecified atom stereocenters. The first-order valence-electron chi connectivity index (χ1n) is 7.18. The van der Waals surface area contributed by atoms with Crippen molar-refractivity contribution in [3.05, 3.63) is 35.9 Å². The molecule has 0 radical (unpaired) electrons. The highest BCUT2D eigenvalue weighted by atomic mass is 127. The van der Waals surface area contributed by atoms with Gasteiger partial charge in [0.1, 0.15) is 0 Å². The Labute approximate surface area is 135 Å². The van der Waals surface area contributed by atoms with Crippen molar-refractivity contribution in [2.45, 2.75) is 51.2 Å². The molecule has 0 bridgehead atoms. The topological polar surface area (TPSA) is 24.7 Å². The minimum atomic E-state index is -0.310. The largest absolute Gasteiger partial charge is 1.00 e. The van der Waals surface area contributed by atoms with Gasteiger partial charge < -0.3 is 34.0 Å². The molecule has 2 atom stereocenters. The van der Waals surface area contributed by atoms with Gasteiger partial charge in [0.25, 0.3) is 0 Å². The molecule has 0 spiro atoms. The predicted octanol–water partition coefficient (Wildman–Crippen LogP) is -0.792. The summed E-state index contributed by atoms with van der Waals surface area (Å²) in [5.41, 5.74) is 1.04. The van der Waals surface area contributed by atoms with Gasteiger partial charge in [0.05, 0.1) is 26.2 Å². The Bertz CT molecular complexity index is 316. The highest BCUT2D eigenvalue weighted by Crippen LogP contribution is 2.19. The van der Waals surface area contributed by atoms with E-state index in [1.54, 1.807) is 0 Å². The second kappa shape index (κ2) is 10.6. The predicted molar refractivity (Wildman–Crippen MR) is 76.8 cm³/mol. The number of aliphatic hydroxyl groups is 1. The van der Waals surface area contributed by atoms with Gasteiger partial charge >= 0.3 is 0 Å². The summed E-state index contributed by atoms with van der Waals surface area (Å²) in [6.45, 7) is 2.24. The molecule has 1 rings (SSSR count). The van der Waals surface area contributed by atoms with Gasteiger partial charge in [-0.1, -0.05) is 43.7 Å². The Kier molecular flexibility index (Phi) is 10.6. The van der Waals surface area contributed by atoms with Gasteiger partial charge in [-0.25, -0.2) is 0 Å². The van der Waals surface area contributed by atoms with Crippen LogP contribution in [0.5, 0.6) is 0 Å². The van der Waals surface area contributed by atoms with Crippen LogP contribution in [0.2, 0.25) is 0 Å². The fourth-order valence-electron chi connectivity index (χ4n) is 2.37. The highest BCUT2D eigenvalue weighted by Gasteiger charge is 2.17. The monoisotopic (exact) mass is 377 g/mol. The molecule has 0 saturated heterocycles.